The Morgan fingerprint density at radius 1 is 1.20 bits per heavy atom. The summed E-state index contributed by atoms with van der Waals surface area (Å²) in [6.07, 6.45) is 8.88. The first-order valence-corrected chi connectivity index (χ1v) is 11.3. The molecule has 158 valence electrons. The molecule has 1 N–H and O–H groups in total. The van der Waals surface area contributed by atoms with Crippen LogP contribution in [0.3, 0.4) is 0 Å². The maximum absolute atomic E-state index is 9.88. The number of fused-ring (bicyclic) bond motifs is 5. The van der Waals surface area contributed by atoms with E-state index in [0.29, 0.717) is 17.6 Å². The minimum Gasteiger partial charge on any atom is -0.508 e. The van der Waals surface area contributed by atoms with Crippen LogP contribution in [0.15, 0.2) is 28.4 Å². The Morgan fingerprint density at radius 2 is 2.03 bits per heavy atom. The van der Waals surface area contributed by atoms with E-state index in [4.69, 9.17) is 5.10 Å². The lowest BCUT2D eigenvalue weighted by Gasteiger charge is -2.49. The number of aryl methyl sites for hydroxylation is 3. The number of hydrogen-bond acceptors (Lipinski definition) is 4. The molecule has 3 aliphatic carbocycles. The van der Waals surface area contributed by atoms with Crippen molar-refractivity contribution in [2.75, 3.05) is 0 Å². The van der Waals surface area contributed by atoms with Crippen molar-refractivity contribution < 1.29 is 5.11 Å². The minimum absolute atomic E-state index is 0.173. The zero-order valence-electron chi connectivity index (χ0n) is 18.5. The summed E-state index contributed by atoms with van der Waals surface area (Å²) < 4.78 is 1.90. The second-order valence-electron chi connectivity index (χ2n) is 9.79. The van der Waals surface area contributed by atoms with Gasteiger partial charge in [-0.2, -0.15) is 15.3 Å². The summed E-state index contributed by atoms with van der Waals surface area (Å²) in [6.45, 7) is 6.53. The van der Waals surface area contributed by atoms with Crippen LogP contribution >= 0.6 is 0 Å². The van der Waals surface area contributed by atoms with Crippen molar-refractivity contribution in [3.05, 3.63) is 46.3 Å². The van der Waals surface area contributed by atoms with Gasteiger partial charge in [-0.3, -0.25) is 4.68 Å². The summed E-state index contributed by atoms with van der Waals surface area (Å²) in [5, 5.41) is 23.6. The Kier molecular flexibility index (Phi) is 4.60. The van der Waals surface area contributed by atoms with Gasteiger partial charge in [-0.05, 0) is 93.4 Å². The van der Waals surface area contributed by atoms with Gasteiger partial charge >= 0.3 is 0 Å². The van der Waals surface area contributed by atoms with Gasteiger partial charge in [0.15, 0.2) is 0 Å². The average molecular weight is 405 g/mol. The number of aromatic nitrogens is 2. The Bertz CT molecular complexity index is 1050. The molecule has 2 aromatic rings. The number of phenolic OH excluding ortho intramolecular Hbond substituents is 1. The molecule has 0 amide bonds. The fourth-order valence-electron chi connectivity index (χ4n) is 6.65. The van der Waals surface area contributed by atoms with Crippen LogP contribution in [0.2, 0.25) is 0 Å². The van der Waals surface area contributed by atoms with Gasteiger partial charge in [0.1, 0.15) is 5.75 Å². The van der Waals surface area contributed by atoms with Crippen LogP contribution in [0.25, 0.3) is 0 Å². The number of nitrogens with zero attached hydrogens (tertiary/aromatic N) is 4. The van der Waals surface area contributed by atoms with E-state index in [-0.39, 0.29) is 5.41 Å². The Balaban J connectivity index is 1.39. The van der Waals surface area contributed by atoms with Crippen molar-refractivity contribution in [1.29, 1.82) is 0 Å². The highest BCUT2D eigenvalue weighted by molar-refractivity contribution is 5.93. The van der Waals surface area contributed by atoms with Gasteiger partial charge in [-0.15, -0.1) is 0 Å². The van der Waals surface area contributed by atoms with Gasteiger partial charge < -0.3 is 5.11 Å². The molecule has 4 atom stereocenters. The second kappa shape index (κ2) is 7.07. The highest BCUT2D eigenvalue weighted by Gasteiger charge is 2.53. The summed E-state index contributed by atoms with van der Waals surface area (Å²) in [6, 6.07) is 6.03. The van der Waals surface area contributed by atoms with Crippen molar-refractivity contribution in [3.8, 4) is 5.75 Å². The first-order valence-electron chi connectivity index (χ1n) is 11.3. The van der Waals surface area contributed by atoms with Crippen LogP contribution in [0.4, 0.5) is 0 Å². The molecule has 1 heterocycles. The van der Waals surface area contributed by atoms with E-state index in [2.05, 4.69) is 30.1 Å². The van der Waals surface area contributed by atoms with E-state index in [1.54, 1.807) is 0 Å². The molecular weight excluding hydrogens is 372 g/mol. The predicted octanol–water partition coefficient (Wildman–Crippen LogP) is 5.07. The first-order chi connectivity index (χ1) is 14.4. The van der Waals surface area contributed by atoms with Crippen LogP contribution in [-0.4, -0.2) is 26.8 Å². The van der Waals surface area contributed by atoms with Gasteiger partial charge in [0, 0.05) is 29.4 Å². The molecule has 1 aromatic carbocycles. The van der Waals surface area contributed by atoms with Crippen LogP contribution in [0, 0.1) is 31.1 Å². The number of phenols is 1. The fraction of sp³-hybridized carbons (Fsp3) is 0.560. The molecular formula is C25H32N4O. The van der Waals surface area contributed by atoms with Crippen LogP contribution in [0.5, 0.6) is 5.75 Å². The molecule has 0 bridgehead atoms. The van der Waals surface area contributed by atoms with Crippen molar-refractivity contribution in [2.45, 2.75) is 65.2 Å². The highest BCUT2D eigenvalue weighted by atomic mass is 16.3. The number of hydrogen-bond donors (Lipinski definition) is 1. The van der Waals surface area contributed by atoms with E-state index >= 15 is 0 Å². The average Bonchev–Trinajstić information content (AvgIpc) is 3.18. The van der Waals surface area contributed by atoms with Crippen molar-refractivity contribution >= 4 is 11.9 Å². The fourth-order valence-corrected chi connectivity index (χ4v) is 6.65. The van der Waals surface area contributed by atoms with Gasteiger partial charge in [-0.25, -0.2) is 0 Å². The number of rotatable bonds is 2. The monoisotopic (exact) mass is 404 g/mol. The second-order valence-corrected chi connectivity index (χ2v) is 9.79. The topological polar surface area (TPSA) is 62.8 Å². The zero-order valence-corrected chi connectivity index (χ0v) is 18.5. The quantitative estimate of drug-likeness (QED) is 0.561. The molecule has 2 saturated carbocycles. The number of benzene rings is 1. The molecule has 0 aliphatic heterocycles. The van der Waals surface area contributed by atoms with Gasteiger partial charge in [0.25, 0.3) is 0 Å². The van der Waals surface area contributed by atoms with Crippen LogP contribution in [0.1, 0.15) is 73.0 Å². The summed E-state index contributed by atoms with van der Waals surface area (Å²) >= 11 is 0. The Hall–Kier alpha value is -2.43. The molecule has 5 rings (SSSR count). The van der Waals surface area contributed by atoms with Crippen LogP contribution in [-0.2, 0) is 13.5 Å². The summed E-state index contributed by atoms with van der Waals surface area (Å²) in [5.41, 5.74) is 7.51. The summed E-state index contributed by atoms with van der Waals surface area (Å²) in [4.78, 5) is 0. The minimum atomic E-state index is 0.173. The maximum atomic E-state index is 9.88. The smallest absolute Gasteiger partial charge is 0.115 e. The molecule has 3 aliphatic rings. The lowest BCUT2D eigenvalue weighted by atomic mass is 9.55. The first kappa shape index (κ1) is 19.5. The zero-order chi connectivity index (χ0) is 21.0. The predicted molar refractivity (Wildman–Crippen MR) is 120 cm³/mol. The maximum Gasteiger partial charge on any atom is 0.115 e. The highest BCUT2D eigenvalue weighted by Crippen LogP contribution is 2.60. The van der Waals surface area contributed by atoms with Crippen molar-refractivity contribution in [1.82, 2.24) is 9.78 Å². The molecule has 5 heteroatoms. The summed E-state index contributed by atoms with van der Waals surface area (Å²) in [7, 11) is 1.97. The Labute approximate surface area is 178 Å². The van der Waals surface area contributed by atoms with E-state index < -0.39 is 0 Å². The standard InChI is InChI=1S/C25H32N4O/c1-15-22(16(2)29(4)28-15)14-26-27-24-10-9-23-21-7-5-17-13-18(30)6-8-19(17)20(21)11-12-25(23,24)3/h6,8,13-14,20-21,23,30H,5,7,9-12H2,1-4H3/t20-,21-,23-,25-/m1/s1. The lowest BCUT2D eigenvalue weighted by molar-refractivity contribution is 0.0955. The van der Waals surface area contributed by atoms with E-state index in [0.717, 1.165) is 35.7 Å². The van der Waals surface area contributed by atoms with Gasteiger partial charge in [-0.1, -0.05) is 13.0 Å². The Morgan fingerprint density at radius 3 is 2.80 bits per heavy atom. The molecule has 0 unspecified atom stereocenters. The van der Waals surface area contributed by atoms with E-state index in [1.807, 2.05) is 37.0 Å². The molecule has 5 nitrogen and oxygen atoms in total. The van der Waals surface area contributed by atoms with E-state index in [1.165, 1.54) is 42.5 Å². The molecule has 30 heavy (non-hydrogen) atoms. The number of aromatic hydroxyl groups is 1. The molecule has 1 aromatic heterocycles. The largest absolute Gasteiger partial charge is 0.508 e. The third-order valence-corrected chi connectivity index (χ3v) is 8.38. The van der Waals surface area contributed by atoms with Gasteiger partial charge in [0.2, 0.25) is 0 Å². The molecule has 0 spiro atoms. The van der Waals surface area contributed by atoms with Gasteiger partial charge in [0.05, 0.1) is 11.9 Å². The van der Waals surface area contributed by atoms with Crippen molar-refractivity contribution in [3.63, 3.8) is 0 Å². The third-order valence-electron chi connectivity index (χ3n) is 8.38. The SMILES string of the molecule is Cc1nn(C)c(C)c1C=NN=C1CC[C@@H]2[C@@H]3CCc4cc(O)ccc4[C@H]3CC[C@@]12C. The van der Waals surface area contributed by atoms with Crippen molar-refractivity contribution in [2.24, 2.45) is 34.5 Å². The van der Waals surface area contributed by atoms with Crippen LogP contribution < -0.4 is 0 Å². The third kappa shape index (κ3) is 2.93. The molecule has 2 fully saturated rings. The molecule has 0 saturated heterocycles. The normalized spacial score (nSPS) is 31.7. The lowest BCUT2D eigenvalue weighted by Crippen LogP contribution is -2.42. The molecule has 0 radical (unpaired) electrons. The summed E-state index contributed by atoms with van der Waals surface area (Å²) in [5.74, 6) is 2.45. The van der Waals surface area contributed by atoms with E-state index in [9.17, 15) is 5.11 Å².